The van der Waals surface area contributed by atoms with Crippen molar-refractivity contribution in [1.29, 1.82) is 0 Å². The normalized spacial score (nSPS) is 11.7. The topological polar surface area (TPSA) is 107 Å². The summed E-state index contributed by atoms with van der Waals surface area (Å²) in [5, 5.41) is 11.3. The van der Waals surface area contributed by atoms with Crippen LogP contribution in [0.25, 0.3) is 0 Å². The molecule has 0 aliphatic carbocycles. The van der Waals surface area contributed by atoms with Gasteiger partial charge in [-0.25, -0.2) is 8.42 Å². The van der Waals surface area contributed by atoms with Gasteiger partial charge in [0, 0.05) is 25.3 Å². The third-order valence-electron chi connectivity index (χ3n) is 3.58. The average molecular weight is 371 g/mol. The molecule has 0 bridgehead atoms. The average Bonchev–Trinajstić information content (AvgIpc) is 2.54. The van der Waals surface area contributed by atoms with Crippen LogP contribution in [0.1, 0.15) is 20.3 Å². The third kappa shape index (κ3) is 6.45. The Morgan fingerprint density at radius 3 is 2.40 bits per heavy atom. The highest BCUT2D eigenvalue weighted by Gasteiger charge is 2.21. The highest BCUT2D eigenvalue weighted by atomic mass is 32.2. The number of nitrogens with one attached hydrogen (secondary N) is 1. The number of likely N-dealkylation sites (N-methyl/N-ethyl adjacent to an activating group) is 1. The lowest BCUT2D eigenvalue weighted by Crippen LogP contribution is -2.32. The molecule has 0 aliphatic rings. The molecular weight excluding hydrogens is 346 g/mol. The SMILES string of the molecule is CCN(CC)S(=O)(=O)c1cccc(NC(=O)CN(C)CCC(=O)O)c1. The van der Waals surface area contributed by atoms with E-state index >= 15 is 0 Å². The van der Waals surface area contributed by atoms with Gasteiger partial charge in [-0.3, -0.25) is 14.5 Å². The molecule has 1 rings (SSSR count). The zero-order valence-corrected chi connectivity index (χ0v) is 15.5. The second-order valence-electron chi connectivity index (χ2n) is 5.55. The van der Waals surface area contributed by atoms with E-state index in [1.165, 1.54) is 16.4 Å². The van der Waals surface area contributed by atoms with Gasteiger partial charge in [0.2, 0.25) is 15.9 Å². The summed E-state index contributed by atoms with van der Waals surface area (Å²) in [5.74, 6) is -1.27. The lowest BCUT2D eigenvalue weighted by atomic mass is 10.3. The Morgan fingerprint density at radius 2 is 1.84 bits per heavy atom. The number of carbonyl (C=O) groups is 2. The van der Waals surface area contributed by atoms with Crippen molar-refractivity contribution in [2.24, 2.45) is 0 Å². The van der Waals surface area contributed by atoms with Gasteiger partial charge in [0.15, 0.2) is 0 Å². The first-order chi connectivity index (χ1) is 11.7. The number of carbonyl (C=O) groups excluding carboxylic acids is 1. The molecule has 0 unspecified atom stereocenters. The van der Waals surface area contributed by atoms with Crippen LogP contribution in [0.3, 0.4) is 0 Å². The molecule has 0 heterocycles. The van der Waals surface area contributed by atoms with Crippen molar-refractivity contribution < 1.29 is 23.1 Å². The largest absolute Gasteiger partial charge is 0.481 e. The highest BCUT2D eigenvalue weighted by Crippen LogP contribution is 2.19. The van der Waals surface area contributed by atoms with Crippen molar-refractivity contribution in [3.8, 4) is 0 Å². The molecule has 8 nitrogen and oxygen atoms in total. The van der Waals surface area contributed by atoms with Crippen LogP contribution >= 0.6 is 0 Å². The molecule has 0 saturated heterocycles. The number of hydrogen-bond acceptors (Lipinski definition) is 5. The number of sulfonamides is 1. The Labute approximate surface area is 148 Å². The summed E-state index contributed by atoms with van der Waals surface area (Å²) in [6, 6.07) is 6.08. The zero-order valence-electron chi connectivity index (χ0n) is 14.7. The molecule has 0 aromatic heterocycles. The van der Waals surface area contributed by atoms with Crippen LogP contribution in [0.4, 0.5) is 5.69 Å². The first-order valence-corrected chi connectivity index (χ1v) is 9.45. The zero-order chi connectivity index (χ0) is 19.0. The van der Waals surface area contributed by atoms with Crippen molar-refractivity contribution >= 4 is 27.6 Å². The van der Waals surface area contributed by atoms with Crippen LogP contribution in [-0.2, 0) is 19.6 Å². The van der Waals surface area contributed by atoms with Crippen LogP contribution in [0.15, 0.2) is 29.2 Å². The Morgan fingerprint density at radius 1 is 1.20 bits per heavy atom. The molecule has 0 fully saturated rings. The van der Waals surface area contributed by atoms with Gasteiger partial charge in [-0.15, -0.1) is 0 Å². The maximum atomic E-state index is 12.5. The van der Waals surface area contributed by atoms with E-state index in [2.05, 4.69) is 5.32 Å². The maximum Gasteiger partial charge on any atom is 0.304 e. The molecule has 25 heavy (non-hydrogen) atoms. The quantitative estimate of drug-likeness (QED) is 0.637. The molecule has 0 saturated carbocycles. The van der Waals surface area contributed by atoms with Gasteiger partial charge in [0.05, 0.1) is 17.9 Å². The Hall–Kier alpha value is -1.97. The second-order valence-corrected chi connectivity index (χ2v) is 7.48. The van der Waals surface area contributed by atoms with Gasteiger partial charge >= 0.3 is 5.97 Å². The fourth-order valence-electron chi connectivity index (χ4n) is 2.26. The fraction of sp³-hybridized carbons (Fsp3) is 0.500. The van der Waals surface area contributed by atoms with Crippen molar-refractivity contribution in [2.75, 3.05) is 38.5 Å². The molecule has 9 heteroatoms. The number of aliphatic carboxylic acids is 1. The predicted molar refractivity (Wildman–Crippen MR) is 94.9 cm³/mol. The summed E-state index contributed by atoms with van der Waals surface area (Å²) in [7, 11) is -1.95. The number of carboxylic acids is 1. The smallest absolute Gasteiger partial charge is 0.304 e. The summed E-state index contributed by atoms with van der Waals surface area (Å²) in [5.41, 5.74) is 0.380. The number of nitrogens with zero attached hydrogens (tertiary/aromatic N) is 2. The minimum atomic E-state index is -3.59. The van der Waals surface area contributed by atoms with E-state index in [0.717, 1.165) is 0 Å². The standard InChI is InChI=1S/C16H25N3O5S/c1-4-19(5-2)25(23,24)14-8-6-7-13(11-14)17-15(20)12-18(3)10-9-16(21)22/h6-8,11H,4-5,9-10,12H2,1-3H3,(H,17,20)(H,21,22). The molecule has 1 aromatic carbocycles. The lowest BCUT2D eigenvalue weighted by Gasteiger charge is -2.19. The first kappa shape index (κ1) is 21.1. The van der Waals surface area contributed by atoms with Crippen molar-refractivity contribution in [2.45, 2.75) is 25.2 Å². The molecular formula is C16H25N3O5S. The van der Waals surface area contributed by atoms with Crippen LogP contribution in [0.2, 0.25) is 0 Å². The number of benzene rings is 1. The summed E-state index contributed by atoms with van der Waals surface area (Å²) in [6.45, 7) is 4.52. The van der Waals surface area contributed by atoms with Gasteiger partial charge < -0.3 is 10.4 Å². The van der Waals surface area contributed by atoms with E-state index in [1.807, 2.05) is 0 Å². The van der Waals surface area contributed by atoms with Crippen LogP contribution in [0, 0.1) is 0 Å². The highest BCUT2D eigenvalue weighted by molar-refractivity contribution is 7.89. The minimum Gasteiger partial charge on any atom is -0.481 e. The molecule has 0 radical (unpaired) electrons. The fourth-order valence-corrected chi connectivity index (χ4v) is 3.76. The van der Waals surface area contributed by atoms with E-state index in [9.17, 15) is 18.0 Å². The van der Waals surface area contributed by atoms with Gasteiger partial charge in [-0.05, 0) is 25.2 Å². The van der Waals surface area contributed by atoms with Crippen molar-refractivity contribution in [3.05, 3.63) is 24.3 Å². The monoisotopic (exact) mass is 371 g/mol. The van der Waals surface area contributed by atoms with E-state index in [4.69, 9.17) is 5.11 Å². The Balaban J connectivity index is 2.78. The van der Waals surface area contributed by atoms with Gasteiger partial charge in [-0.1, -0.05) is 19.9 Å². The van der Waals surface area contributed by atoms with E-state index in [1.54, 1.807) is 37.9 Å². The van der Waals surface area contributed by atoms with Crippen LogP contribution in [0.5, 0.6) is 0 Å². The predicted octanol–water partition coefficient (Wildman–Crippen LogP) is 1.06. The van der Waals surface area contributed by atoms with E-state index in [-0.39, 0.29) is 30.3 Å². The second kappa shape index (κ2) is 9.50. The molecule has 0 atom stereocenters. The molecule has 0 aliphatic heterocycles. The van der Waals surface area contributed by atoms with Crippen molar-refractivity contribution in [1.82, 2.24) is 9.21 Å². The van der Waals surface area contributed by atoms with E-state index in [0.29, 0.717) is 18.8 Å². The van der Waals surface area contributed by atoms with Gasteiger partial charge in [0.25, 0.3) is 0 Å². The van der Waals surface area contributed by atoms with E-state index < -0.39 is 16.0 Å². The summed E-state index contributed by atoms with van der Waals surface area (Å²) in [6.07, 6.45) is -0.0542. The Kier molecular flexibility index (Phi) is 8.01. The number of hydrogen-bond donors (Lipinski definition) is 2. The van der Waals surface area contributed by atoms with Crippen molar-refractivity contribution in [3.63, 3.8) is 0 Å². The lowest BCUT2D eigenvalue weighted by molar-refractivity contribution is -0.137. The van der Waals surface area contributed by atoms with Gasteiger partial charge in [0.1, 0.15) is 0 Å². The number of carboxylic acid groups (broad SMARTS) is 1. The molecule has 140 valence electrons. The first-order valence-electron chi connectivity index (χ1n) is 8.01. The minimum absolute atomic E-state index is 0.0142. The molecule has 0 spiro atoms. The molecule has 2 N–H and O–H groups in total. The van der Waals surface area contributed by atoms with Gasteiger partial charge in [-0.2, -0.15) is 4.31 Å². The summed E-state index contributed by atoms with van der Waals surface area (Å²) in [4.78, 5) is 24.2. The van der Waals surface area contributed by atoms with Crippen LogP contribution in [-0.4, -0.2) is 67.8 Å². The Bertz CT molecular complexity index is 701. The summed E-state index contributed by atoms with van der Waals surface area (Å²) < 4.78 is 26.4. The van der Waals surface area contributed by atoms with Crippen LogP contribution < -0.4 is 5.32 Å². The number of anilines is 1. The molecule has 1 amide bonds. The molecule has 1 aromatic rings. The maximum absolute atomic E-state index is 12.5. The number of rotatable bonds is 10. The third-order valence-corrected chi connectivity index (χ3v) is 5.63. The number of amides is 1. The summed E-state index contributed by atoms with van der Waals surface area (Å²) >= 11 is 0.